The molecule has 1 aliphatic heterocycles. The zero-order chi connectivity index (χ0) is 11.2. The third kappa shape index (κ3) is 2.99. The molecule has 0 unspecified atom stereocenters. The second-order valence-corrected chi connectivity index (χ2v) is 3.78. The lowest BCUT2D eigenvalue weighted by Gasteiger charge is -1.94. The fourth-order valence-electron chi connectivity index (χ4n) is 1.45. The molecular weight excluding hydrogens is 194 g/mol. The van der Waals surface area contributed by atoms with Gasteiger partial charge in [0.05, 0.1) is 0 Å². The summed E-state index contributed by atoms with van der Waals surface area (Å²) in [6.45, 7) is 2.07. The number of rotatable bonds is 2. The van der Waals surface area contributed by atoms with Gasteiger partial charge >= 0.3 is 0 Å². The quantitative estimate of drug-likeness (QED) is 0.784. The van der Waals surface area contributed by atoms with Gasteiger partial charge in [-0.15, -0.1) is 0 Å². The Morgan fingerprint density at radius 1 is 0.938 bits per heavy atom. The first-order valence-electron chi connectivity index (χ1n) is 5.39. The molecule has 1 heteroatoms. The molecule has 0 spiro atoms. The van der Waals surface area contributed by atoms with Crippen molar-refractivity contribution in [1.29, 1.82) is 0 Å². The highest BCUT2D eigenvalue weighted by Crippen LogP contribution is 2.09. The summed E-state index contributed by atoms with van der Waals surface area (Å²) >= 11 is 0. The largest absolute Gasteiger partial charge is 0.367 e. The van der Waals surface area contributed by atoms with Crippen LogP contribution in [-0.4, -0.2) is 0 Å². The maximum atomic E-state index is 3.15. The van der Waals surface area contributed by atoms with E-state index in [2.05, 4.69) is 48.7 Å². The molecule has 0 radical (unpaired) electrons. The summed E-state index contributed by atoms with van der Waals surface area (Å²) in [5, 5.41) is 3.15. The highest BCUT2D eigenvalue weighted by atomic mass is 14.8. The van der Waals surface area contributed by atoms with Gasteiger partial charge in [0.15, 0.2) is 0 Å². The third-order valence-corrected chi connectivity index (χ3v) is 2.37. The molecule has 0 atom stereocenters. The van der Waals surface area contributed by atoms with Crippen molar-refractivity contribution in [1.82, 2.24) is 5.32 Å². The first-order valence-corrected chi connectivity index (χ1v) is 5.39. The van der Waals surface area contributed by atoms with Gasteiger partial charge in [0.1, 0.15) is 0 Å². The molecule has 1 aliphatic rings. The van der Waals surface area contributed by atoms with Crippen LogP contribution in [-0.2, 0) is 0 Å². The Kier molecular flexibility index (Phi) is 3.39. The van der Waals surface area contributed by atoms with Gasteiger partial charge in [0, 0.05) is 12.4 Å². The molecule has 0 amide bonds. The zero-order valence-corrected chi connectivity index (χ0v) is 9.35. The Labute approximate surface area is 96.5 Å². The molecule has 1 N–H and O–H groups in total. The summed E-state index contributed by atoms with van der Waals surface area (Å²) in [6.07, 6.45) is 12.4. The number of hydrogen-bond acceptors (Lipinski definition) is 1. The minimum atomic E-state index is 1.16. The van der Waals surface area contributed by atoms with Crippen LogP contribution in [0.3, 0.4) is 0 Å². The van der Waals surface area contributed by atoms with E-state index in [1.807, 2.05) is 30.6 Å². The fourth-order valence-corrected chi connectivity index (χ4v) is 1.45. The summed E-state index contributed by atoms with van der Waals surface area (Å²) in [7, 11) is 0. The topological polar surface area (TPSA) is 12.0 Å². The van der Waals surface area contributed by atoms with Crippen molar-refractivity contribution in [2.24, 2.45) is 0 Å². The Morgan fingerprint density at radius 3 is 2.56 bits per heavy atom. The Hall–Kier alpha value is -2.02. The highest BCUT2D eigenvalue weighted by molar-refractivity contribution is 5.55. The standard InChI is InChI=1S/C15H15N/c1-13-7-8-15(12-16-11-13)10-9-14-5-3-2-4-6-14/h2-12,16H,1H3. The predicted molar refractivity (Wildman–Crippen MR) is 69.6 cm³/mol. The molecular formula is C15H15N. The zero-order valence-electron chi connectivity index (χ0n) is 9.35. The third-order valence-electron chi connectivity index (χ3n) is 2.37. The molecule has 2 rings (SSSR count). The van der Waals surface area contributed by atoms with Gasteiger partial charge in [-0.3, -0.25) is 0 Å². The fraction of sp³-hybridized carbons (Fsp3) is 0.0667. The van der Waals surface area contributed by atoms with Gasteiger partial charge in [0.25, 0.3) is 0 Å². The molecule has 1 heterocycles. The van der Waals surface area contributed by atoms with Crippen molar-refractivity contribution < 1.29 is 0 Å². The number of allylic oxidation sites excluding steroid dienone is 5. The molecule has 0 aliphatic carbocycles. The van der Waals surface area contributed by atoms with Crippen molar-refractivity contribution in [3.63, 3.8) is 0 Å². The van der Waals surface area contributed by atoms with Crippen LogP contribution >= 0.6 is 0 Å². The van der Waals surface area contributed by atoms with E-state index in [-0.39, 0.29) is 0 Å². The predicted octanol–water partition coefficient (Wildman–Crippen LogP) is 3.65. The van der Waals surface area contributed by atoms with E-state index in [0.717, 1.165) is 5.57 Å². The highest BCUT2D eigenvalue weighted by Gasteiger charge is 1.91. The molecule has 1 aromatic carbocycles. The molecule has 0 saturated carbocycles. The molecule has 0 fully saturated rings. The molecule has 1 nitrogen and oxygen atoms in total. The van der Waals surface area contributed by atoms with Crippen LogP contribution in [0.4, 0.5) is 0 Å². The minimum absolute atomic E-state index is 1.16. The molecule has 0 aromatic heterocycles. The van der Waals surface area contributed by atoms with Gasteiger partial charge in [-0.2, -0.15) is 0 Å². The van der Waals surface area contributed by atoms with Gasteiger partial charge in [-0.05, 0) is 23.6 Å². The average Bonchev–Trinajstić information content (AvgIpc) is 2.53. The Bertz CT molecular complexity index is 461. The van der Waals surface area contributed by atoms with Crippen LogP contribution in [0.1, 0.15) is 12.5 Å². The summed E-state index contributed by atoms with van der Waals surface area (Å²) < 4.78 is 0. The van der Waals surface area contributed by atoms with E-state index < -0.39 is 0 Å². The monoisotopic (exact) mass is 209 g/mol. The second kappa shape index (κ2) is 5.17. The number of benzene rings is 1. The lowest BCUT2D eigenvalue weighted by molar-refractivity contribution is 1.17. The van der Waals surface area contributed by atoms with Crippen LogP contribution in [0.5, 0.6) is 0 Å². The van der Waals surface area contributed by atoms with Crippen LogP contribution in [0, 0.1) is 0 Å². The summed E-state index contributed by atoms with van der Waals surface area (Å²) in [5.41, 5.74) is 3.60. The summed E-state index contributed by atoms with van der Waals surface area (Å²) in [6, 6.07) is 10.3. The van der Waals surface area contributed by atoms with Crippen molar-refractivity contribution in [2.45, 2.75) is 6.92 Å². The first-order chi connectivity index (χ1) is 7.84. The average molecular weight is 209 g/mol. The summed E-state index contributed by atoms with van der Waals surface area (Å²) in [4.78, 5) is 0. The van der Waals surface area contributed by atoms with Crippen LogP contribution in [0.15, 0.2) is 72.1 Å². The van der Waals surface area contributed by atoms with Crippen molar-refractivity contribution in [2.75, 3.05) is 0 Å². The molecule has 0 saturated heterocycles. The maximum Gasteiger partial charge on any atom is 0.00776 e. The van der Waals surface area contributed by atoms with Crippen molar-refractivity contribution >= 4 is 6.08 Å². The molecule has 80 valence electrons. The van der Waals surface area contributed by atoms with Gasteiger partial charge in [-0.1, -0.05) is 54.6 Å². The van der Waals surface area contributed by atoms with Gasteiger partial charge < -0.3 is 5.32 Å². The number of hydrogen-bond donors (Lipinski definition) is 1. The lowest BCUT2D eigenvalue weighted by Crippen LogP contribution is -1.92. The molecule has 0 bridgehead atoms. The maximum absolute atomic E-state index is 3.15. The van der Waals surface area contributed by atoms with E-state index in [1.165, 1.54) is 11.1 Å². The Balaban J connectivity index is 2.09. The van der Waals surface area contributed by atoms with Crippen molar-refractivity contribution in [3.05, 3.63) is 77.7 Å². The smallest absolute Gasteiger partial charge is 0.00776 e. The number of nitrogens with one attached hydrogen (secondary N) is 1. The van der Waals surface area contributed by atoms with E-state index in [4.69, 9.17) is 0 Å². The van der Waals surface area contributed by atoms with Gasteiger partial charge in [0.2, 0.25) is 0 Å². The second-order valence-electron chi connectivity index (χ2n) is 3.78. The molecule has 16 heavy (non-hydrogen) atoms. The Morgan fingerprint density at radius 2 is 1.75 bits per heavy atom. The minimum Gasteiger partial charge on any atom is -0.367 e. The van der Waals surface area contributed by atoms with E-state index in [1.54, 1.807) is 0 Å². The van der Waals surface area contributed by atoms with Crippen LogP contribution < -0.4 is 5.32 Å². The van der Waals surface area contributed by atoms with E-state index in [0.29, 0.717) is 0 Å². The van der Waals surface area contributed by atoms with Crippen LogP contribution in [0.2, 0.25) is 0 Å². The van der Waals surface area contributed by atoms with Gasteiger partial charge in [-0.25, -0.2) is 0 Å². The molecule has 1 aromatic rings. The van der Waals surface area contributed by atoms with Crippen molar-refractivity contribution in [3.8, 4) is 0 Å². The lowest BCUT2D eigenvalue weighted by atomic mass is 10.1. The van der Waals surface area contributed by atoms with E-state index >= 15 is 0 Å². The summed E-state index contributed by atoms with van der Waals surface area (Å²) in [5.74, 6) is 0. The van der Waals surface area contributed by atoms with E-state index in [9.17, 15) is 0 Å². The van der Waals surface area contributed by atoms with Crippen LogP contribution in [0.25, 0.3) is 6.08 Å². The normalized spacial score (nSPS) is 15.3. The SMILES string of the molecule is CC1=CNC=C(C=Cc2ccccc2)C=C1. The first kappa shape index (κ1) is 10.5.